The van der Waals surface area contributed by atoms with Crippen LogP contribution in [0, 0.1) is 13.8 Å². The lowest BCUT2D eigenvalue weighted by molar-refractivity contribution is -0.150. The molecule has 1 saturated heterocycles. The molecule has 160 valence electrons. The molecule has 1 aliphatic rings. The smallest absolute Gasteiger partial charge is 0.247 e. The van der Waals surface area contributed by atoms with Gasteiger partial charge in [0.05, 0.1) is 19.3 Å². The van der Waals surface area contributed by atoms with Gasteiger partial charge in [-0.25, -0.2) is 8.42 Å². The maximum atomic E-state index is 12.7. The minimum absolute atomic E-state index is 0.177. The third-order valence-electron chi connectivity index (χ3n) is 5.26. The lowest BCUT2D eigenvalue weighted by Gasteiger charge is -2.44. The number of aryl methyl sites for hydroxylation is 2. The van der Waals surface area contributed by atoms with Gasteiger partial charge in [0.1, 0.15) is 5.54 Å². The number of carbonyl (C=O) groups excluding carboxylic acids is 3. The number of sulfonamides is 1. The maximum Gasteiger partial charge on any atom is 0.247 e. The van der Waals surface area contributed by atoms with Crippen LogP contribution >= 0.6 is 0 Å². The van der Waals surface area contributed by atoms with E-state index < -0.39 is 27.4 Å². The lowest BCUT2D eigenvalue weighted by Crippen LogP contribution is -2.68. The van der Waals surface area contributed by atoms with Crippen LogP contribution in [0.3, 0.4) is 0 Å². The Morgan fingerprint density at radius 2 is 1.86 bits per heavy atom. The van der Waals surface area contributed by atoms with Crippen molar-refractivity contribution in [2.75, 3.05) is 32.9 Å². The van der Waals surface area contributed by atoms with Crippen molar-refractivity contribution >= 4 is 27.7 Å². The fourth-order valence-corrected chi connectivity index (χ4v) is 3.92. The minimum Gasteiger partial charge on any atom is -0.350 e. The molecule has 10 heteroatoms. The molecule has 0 spiro atoms. The average Bonchev–Trinajstić information content (AvgIpc) is 2.63. The summed E-state index contributed by atoms with van der Waals surface area (Å²) in [6.07, 6.45) is 0.991. The van der Waals surface area contributed by atoms with Gasteiger partial charge in [0.15, 0.2) is 0 Å². The van der Waals surface area contributed by atoms with Gasteiger partial charge in [-0.1, -0.05) is 23.8 Å². The van der Waals surface area contributed by atoms with E-state index in [9.17, 15) is 22.8 Å². The molecule has 1 atom stereocenters. The Kier molecular flexibility index (Phi) is 6.69. The number of amides is 3. The first-order valence-corrected chi connectivity index (χ1v) is 11.0. The predicted octanol–water partition coefficient (Wildman–Crippen LogP) is -0.472. The summed E-state index contributed by atoms with van der Waals surface area (Å²) in [7, 11) is -2.19. The van der Waals surface area contributed by atoms with Crippen molar-refractivity contribution in [3.63, 3.8) is 0 Å². The monoisotopic (exact) mass is 424 g/mol. The van der Waals surface area contributed by atoms with Crippen LogP contribution in [-0.2, 0) is 31.0 Å². The Bertz CT molecular complexity index is 931. The first-order valence-electron chi connectivity index (χ1n) is 9.17. The topological polar surface area (TPSA) is 116 Å². The Hall–Kier alpha value is -2.46. The van der Waals surface area contributed by atoms with Crippen molar-refractivity contribution in [1.29, 1.82) is 0 Å². The van der Waals surface area contributed by atoms with Crippen LogP contribution in [0.25, 0.3) is 0 Å². The number of carbonyl (C=O) groups is 3. The lowest BCUT2D eigenvalue weighted by atomic mass is 9.96. The Morgan fingerprint density at radius 1 is 1.21 bits per heavy atom. The zero-order chi connectivity index (χ0) is 22.0. The molecule has 0 aromatic heterocycles. The third-order valence-corrected chi connectivity index (χ3v) is 6.45. The molecule has 3 amide bonds. The summed E-state index contributed by atoms with van der Waals surface area (Å²) in [6.45, 7) is 4.96. The van der Waals surface area contributed by atoms with E-state index in [2.05, 4.69) is 10.6 Å². The van der Waals surface area contributed by atoms with E-state index in [1.165, 1.54) is 18.9 Å². The zero-order valence-corrected chi connectivity index (χ0v) is 18.2. The van der Waals surface area contributed by atoms with Crippen LogP contribution < -0.4 is 10.6 Å². The second kappa shape index (κ2) is 8.50. The number of rotatable bonds is 6. The molecule has 0 aliphatic carbocycles. The van der Waals surface area contributed by atoms with Crippen molar-refractivity contribution in [3.05, 3.63) is 34.9 Å². The molecule has 29 heavy (non-hydrogen) atoms. The molecule has 1 fully saturated rings. The van der Waals surface area contributed by atoms with Gasteiger partial charge < -0.3 is 15.5 Å². The highest BCUT2D eigenvalue weighted by atomic mass is 32.2. The summed E-state index contributed by atoms with van der Waals surface area (Å²) in [4.78, 5) is 38.3. The number of benzene rings is 1. The number of hydrogen-bond donors (Lipinski definition) is 2. The number of nitrogens with one attached hydrogen (secondary N) is 2. The molecular weight excluding hydrogens is 396 g/mol. The van der Waals surface area contributed by atoms with Crippen molar-refractivity contribution in [3.8, 4) is 0 Å². The highest BCUT2D eigenvalue weighted by molar-refractivity contribution is 7.88. The summed E-state index contributed by atoms with van der Waals surface area (Å²) in [6, 6.07) is 5.95. The molecule has 2 rings (SSSR count). The standard InChI is InChI=1S/C19H28N4O5S/c1-13-6-7-14(2)15(8-13)9-20-16(24)10-21-18(26)19(3)12-23(29(5,27)28)11-17(25)22(19)4/h6-8H,9-12H2,1-5H3,(H,20,24)(H,21,26). The van der Waals surface area contributed by atoms with Gasteiger partial charge in [-0.2, -0.15) is 4.31 Å². The quantitative estimate of drug-likeness (QED) is 0.640. The van der Waals surface area contributed by atoms with Crippen molar-refractivity contribution in [2.24, 2.45) is 0 Å². The summed E-state index contributed by atoms with van der Waals surface area (Å²) in [5.74, 6) is -1.46. The highest BCUT2D eigenvalue weighted by Crippen LogP contribution is 2.22. The number of nitrogens with zero attached hydrogens (tertiary/aromatic N) is 2. The molecule has 1 aromatic rings. The summed E-state index contributed by atoms with van der Waals surface area (Å²) < 4.78 is 24.7. The van der Waals surface area contributed by atoms with E-state index in [4.69, 9.17) is 0 Å². The molecule has 1 aliphatic heterocycles. The van der Waals surface area contributed by atoms with E-state index >= 15 is 0 Å². The number of likely N-dealkylation sites (N-methyl/N-ethyl adjacent to an activating group) is 1. The average molecular weight is 425 g/mol. The predicted molar refractivity (Wildman–Crippen MR) is 108 cm³/mol. The van der Waals surface area contributed by atoms with Crippen LogP contribution in [0.5, 0.6) is 0 Å². The molecule has 1 aromatic carbocycles. The molecule has 1 unspecified atom stereocenters. The van der Waals surface area contributed by atoms with Crippen LogP contribution in [0.15, 0.2) is 18.2 Å². The van der Waals surface area contributed by atoms with E-state index in [-0.39, 0.29) is 25.5 Å². The normalized spacial score (nSPS) is 20.4. The van der Waals surface area contributed by atoms with Crippen LogP contribution in [0.4, 0.5) is 0 Å². The summed E-state index contributed by atoms with van der Waals surface area (Å²) >= 11 is 0. The zero-order valence-electron chi connectivity index (χ0n) is 17.4. The van der Waals surface area contributed by atoms with Gasteiger partial charge in [-0.3, -0.25) is 14.4 Å². The third kappa shape index (κ3) is 5.33. The van der Waals surface area contributed by atoms with Gasteiger partial charge in [-0.15, -0.1) is 0 Å². The number of piperazine rings is 1. The van der Waals surface area contributed by atoms with Gasteiger partial charge in [-0.05, 0) is 31.9 Å². The van der Waals surface area contributed by atoms with Gasteiger partial charge in [0.25, 0.3) is 0 Å². The van der Waals surface area contributed by atoms with Crippen LogP contribution in [-0.4, -0.2) is 73.8 Å². The first kappa shape index (κ1) is 22.8. The summed E-state index contributed by atoms with van der Waals surface area (Å²) in [5, 5.41) is 5.26. The Balaban J connectivity index is 1.98. The van der Waals surface area contributed by atoms with Gasteiger partial charge in [0, 0.05) is 20.1 Å². The van der Waals surface area contributed by atoms with Crippen LogP contribution in [0.1, 0.15) is 23.6 Å². The van der Waals surface area contributed by atoms with E-state index in [0.717, 1.165) is 27.3 Å². The molecule has 2 N–H and O–H groups in total. The largest absolute Gasteiger partial charge is 0.350 e. The second-order valence-corrected chi connectivity index (χ2v) is 9.63. The fourth-order valence-electron chi connectivity index (χ4n) is 3.09. The second-order valence-electron chi connectivity index (χ2n) is 7.65. The molecule has 0 radical (unpaired) electrons. The molecule has 9 nitrogen and oxygen atoms in total. The fraction of sp³-hybridized carbons (Fsp3) is 0.526. The molecule has 1 heterocycles. The number of hydrogen-bond acceptors (Lipinski definition) is 5. The molecule has 0 saturated carbocycles. The van der Waals surface area contributed by atoms with E-state index in [1.807, 2.05) is 32.0 Å². The summed E-state index contributed by atoms with van der Waals surface area (Å²) in [5.41, 5.74) is 1.71. The van der Waals surface area contributed by atoms with Crippen LogP contribution in [0.2, 0.25) is 0 Å². The van der Waals surface area contributed by atoms with Crippen molar-refractivity contribution < 1.29 is 22.8 Å². The van der Waals surface area contributed by atoms with E-state index in [0.29, 0.717) is 6.54 Å². The Labute approximate surface area is 171 Å². The Morgan fingerprint density at radius 3 is 2.48 bits per heavy atom. The van der Waals surface area contributed by atoms with Gasteiger partial charge in [0.2, 0.25) is 27.7 Å². The van der Waals surface area contributed by atoms with Gasteiger partial charge >= 0.3 is 0 Å². The van der Waals surface area contributed by atoms with Crippen molar-refractivity contribution in [1.82, 2.24) is 19.8 Å². The highest BCUT2D eigenvalue weighted by Gasteiger charge is 2.47. The van der Waals surface area contributed by atoms with Crippen molar-refractivity contribution in [2.45, 2.75) is 32.9 Å². The minimum atomic E-state index is -3.64. The van der Waals surface area contributed by atoms with E-state index in [1.54, 1.807) is 0 Å². The SMILES string of the molecule is Cc1ccc(C)c(CNC(=O)CNC(=O)C2(C)CN(S(C)(=O)=O)CC(=O)N2C)c1. The molecule has 0 bridgehead atoms. The molecular formula is C19H28N4O5S. The maximum absolute atomic E-state index is 12.7. The first-order chi connectivity index (χ1) is 13.3.